The van der Waals surface area contributed by atoms with Crippen LogP contribution in [0.2, 0.25) is 0 Å². The fourth-order valence-corrected chi connectivity index (χ4v) is 1.12. The molecule has 0 spiro atoms. The highest BCUT2D eigenvalue weighted by molar-refractivity contribution is 5.88. The highest BCUT2D eigenvalue weighted by Crippen LogP contribution is 2.16. The monoisotopic (exact) mass is 171 g/mol. The molecule has 1 atom stereocenters. The Hall–Kier alpha value is -0.450. The Balaban J connectivity index is 2.55. The van der Waals surface area contributed by atoms with Crippen LogP contribution in [-0.4, -0.2) is 30.7 Å². The number of carbonyl (C=O) groups excluding carboxylic acids is 1. The van der Waals surface area contributed by atoms with Crippen LogP contribution < -0.4 is 10.7 Å². The van der Waals surface area contributed by atoms with E-state index < -0.39 is 0 Å². The molecule has 1 fully saturated rings. The second kappa shape index (κ2) is 3.12. The van der Waals surface area contributed by atoms with Gasteiger partial charge < -0.3 is 0 Å². The maximum atomic E-state index is 11.7. The predicted octanol–water partition coefficient (Wildman–Crippen LogP) is -0.0752. The van der Waals surface area contributed by atoms with Gasteiger partial charge in [-0.3, -0.25) is 10.1 Å². The molecule has 0 aromatic carbocycles. The van der Waals surface area contributed by atoms with Crippen molar-refractivity contribution in [2.75, 3.05) is 13.7 Å². The van der Waals surface area contributed by atoms with Gasteiger partial charge in [0.2, 0.25) is 0 Å². The predicted molar refractivity (Wildman–Crippen MR) is 47.2 cm³/mol. The van der Waals surface area contributed by atoms with Gasteiger partial charge in [-0.2, -0.15) is 0 Å². The van der Waals surface area contributed by atoms with Crippen molar-refractivity contribution in [2.45, 2.75) is 26.9 Å². The molecule has 0 aromatic heterocycles. The molecule has 1 rings (SSSR count). The van der Waals surface area contributed by atoms with E-state index in [9.17, 15) is 4.79 Å². The third-order valence-electron chi connectivity index (χ3n) is 1.88. The number of rotatable bonds is 1. The zero-order chi connectivity index (χ0) is 9.35. The summed E-state index contributed by atoms with van der Waals surface area (Å²) in [5.74, 6) is 0.201. The SMILES string of the molecule is CN1CNC(C(=O)C(C)(C)C)N1. The number of ketones is 1. The van der Waals surface area contributed by atoms with E-state index in [1.807, 2.05) is 32.8 Å². The van der Waals surface area contributed by atoms with E-state index in [1.165, 1.54) is 0 Å². The summed E-state index contributed by atoms with van der Waals surface area (Å²) >= 11 is 0. The smallest absolute Gasteiger partial charge is 0.170 e. The molecule has 4 nitrogen and oxygen atoms in total. The number of nitrogens with one attached hydrogen (secondary N) is 2. The number of nitrogens with zero attached hydrogens (tertiary/aromatic N) is 1. The maximum absolute atomic E-state index is 11.7. The molecule has 0 aromatic rings. The average Bonchev–Trinajstić information content (AvgIpc) is 2.32. The second-order valence-corrected chi connectivity index (χ2v) is 4.24. The fraction of sp³-hybridized carbons (Fsp3) is 0.875. The third-order valence-corrected chi connectivity index (χ3v) is 1.88. The Morgan fingerprint density at radius 1 is 1.50 bits per heavy atom. The van der Waals surface area contributed by atoms with Crippen LogP contribution in [0.25, 0.3) is 0 Å². The molecule has 1 aliphatic rings. The van der Waals surface area contributed by atoms with Crippen molar-refractivity contribution >= 4 is 5.78 Å². The summed E-state index contributed by atoms with van der Waals surface area (Å²) in [6.07, 6.45) is -0.213. The molecule has 0 radical (unpaired) electrons. The number of Topliss-reactive ketones (excluding diaryl/α,β-unsaturated/α-hetero) is 1. The van der Waals surface area contributed by atoms with E-state index in [-0.39, 0.29) is 17.4 Å². The lowest BCUT2D eigenvalue weighted by Crippen LogP contribution is -2.46. The fourth-order valence-electron chi connectivity index (χ4n) is 1.12. The highest BCUT2D eigenvalue weighted by Gasteiger charge is 2.32. The lowest BCUT2D eigenvalue weighted by Gasteiger charge is -2.21. The van der Waals surface area contributed by atoms with Gasteiger partial charge in [0.05, 0.1) is 6.67 Å². The molecule has 2 N–H and O–H groups in total. The molecule has 0 bridgehead atoms. The highest BCUT2D eigenvalue weighted by atomic mass is 16.1. The molecule has 0 aliphatic carbocycles. The van der Waals surface area contributed by atoms with Crippen molar-refractivity contribution in [3.05, 3.63) is 0 Å². The molecule has 70 valence electrons. The van der Waals surface area contributed by atoms with Crippen LogP contribution in [0.1, 0.15) is 20.8 Å². The Labute approximate surface area is 73.3 Å². The van der Waals surface area contributed by atoms with Crippen LogP contribution in [0.4, 0.5) is 0 Å². The van der Waals surface area contributed by atoms with Gasteiger partial charge in [0, 0.05) is 12.5 Å². The summed E-state index contributed by atoms with van der Waals surface area (Å²) < 4.78 is 0. The van der Waals surface area contributed by atoms with Crippen molar-refractivity contribution in [3.63, 3.8) is 0 Å². The zero-order valence-electron chi connectivity index (χ0n) is 8.14. The molecular formula is C8H17N3O. The maximum Gasteiger partial charge on any atom is 0.170 e. The molecule has 1 heterocycles. The van der Waals surface area contributed by atoms with Gasteiger partial charge in [-0.05, 0) is 0 Å². The summed E-state index contributed by atoms with van der Waals surface area (Å²) in [4.78, 5) is 11.7. The molecular weight excluding hydrogens is 154 g/mol. The first-order valence-electron chi connectivity index (χ1n) is 4.16. The lowest BCUT2D eigenvalue weighted by atomic mass is 9.89. The van der Waals surface area contributed by atoms with E-state index >= 15 is 0 Å². The third kappa shape index (κ3) is 2.03. The van der Waals surface area contributed by atoms with Crippen molar-refractivity contribution in [1.82, 2.24) is 15.8 Å². The number of hydrogen-bond acceptors (Lipinski definition) is 4. The van der Waals surface area contributed by atoms with Crippen LogP contribution in [0, 0.1) is 5.41 Å². The minimum absolute atomic E-state index is 0.201. The first kappa shape index (κ1) is 9.64. The molecule has 4 heteroatoms. The summed E-state index contributed by atoms with van der Waals surface area (Å²) in [6.45, 7) is 6.50. The number of hydrogen-bond donors (Lipinski definition) is 2. The molecule has 0 amide bonds. The Bertz CT molecular complexity index is 185. The summed E-state index contributed by atoms with van der Waals surface area (Å²) in [5.41, 5.74) is 2.75. The van der Waals surface area contributed by atoms with Crippen molar-refractivity contribution in [3.8, 4) is 0 Å². The quantitative estimate of drug-likeness (QED) is 0.579. The molecule has 0 saturated carbocycles. The molecule has 1 unspecified atom stereocenters. The van der Waals surface area contributed by atoms with Crippen LogP contribution in [0.3, 0.4) is 0 Å². The minimum atomic E-state index is -0.282. The van der Waals surface area contributed by atoms with Gasteiger partial charge in [-0.25, -0.2) is 10.4 Å². The second-order valence-electron chi connectivity index (χ2n) is 4.24. The van der Waals surface area contributed by atoms with Crippen molar-refractivity contribution < 1.29 is 4.79 Å². The van der Waals surface area contributed by atoms with Gasteiger partial charge >= 0.3 is 0 Å². The minimum Gasteiger partial charge on any atom is -0.296 e. The summed E-state index contributed by atoms with van der Waals surface area (Å²) in [7, 11) is 1.91. The van der Waals surface area contributed by atoms with Gasteiger partial charge in [-0.1, -0.05) is 20.8 Å². The molecule has 12 heavy (non-hydrogen) atoms. The Morgan fingerprint density at radius 3 is 2.42 bits per heavy atom. The van der Waals surface area contributed by atoms with Crippen LogP contribution in [0.5, 0.6) is 0 Å². The van der Waals surface area contributed by atoms with Crippen LogP contribution in [-0.2, 0) is 4.79 Å². The van der Waals surface area contributed by atoms with E-state index in [1.54, 1.807) is 0 Å². The normalized spacial score (nSPS) is 26.2. The van der Waals surface area contributed by atoms with Gasteiger partial charge in [0.15, 0.2) is 5.78 Å². The first-order chi connectivity index (χ1) is 5.41. The topological polar surface area (TPSA) is 44.4 Å². The lowest BCUT2D eigenvalue weighted by molar-refractivity contribution is -0.129. The average molecular weight is 171 g/mol. The Kier molecular flexibility index (Phi) is 2.51. The standard InChI is InChI=1S/C8H17N3O/c1-8(2,3)6(12)7-9-5-11(4)10-7/h7,9-10H,5H2,1-4H3. The van der Waals surface area contributed by atoms with Crippen molar-refractivity contribution in [1.29, 1.82) is 0 Å². The zero-order valence-corrected chi connectivity index (χ0v) is 8.14. The van der Waals surface area contributed by atoms with E-state index in [4.69, 9.17) is 0 Å². The summed E-state index contributed by atoms with van der Waals surface area (Å²) in [5, 5.41) is 4.95. The van der Waals surface area contributed by atoms with Crippen LogP contribution in [0.15, 0.2) is 0 Å². The molecule has 1 saturated heterocycles. The largest absolute Gasteiger partial charge is 0.296 e. The van der Waals surface area contributed by atoms with Gasteiger partial charge in [-0.15, -0.1) is 0 Å². The van der Waals surface area contributed by atoms with Crippen molar-refractivity contribution in [2.24, 2.45) is 5.41 Å². The summed E-state index contributed by atoms with van der Waals surface area (Å²) in [6, 6.07) is 0. The Morgan fingerprint density at radius 2 is 2.08 bits per heavy atom. The van der Waals surface area contributed by atoms with E-state index in [0.717, 1.165) is 0 Å². The van der Waals surface area contributed by atoms with Gasteiger partial charge in [0.25, 0.3) is 0 Å². The van der Waals surface area contributed by atoms with Gasteiger partial charge in [0.1, 0.15) is 6.17 Å². The van der Waals surface area contributed by atoms with E-state index in [2.05, 4.69) is 10.7 Å². The van der Waals surface area contributed by atoms with E-state index in [0.29, 0.717) is 6.67 Å². The molecule has 1 aliphatic heterocycles. The van der Waals surface area contributed by atoms with Crippen LogP contribution >= 0.6 is 0 Å². The first-order valence-corrected chi connectivity index (χ1v) is 4.16. The number of carbonyl (C=O) groups is 1. The number of hydrazine groups is 1.